The first-order valence-corrected chi connectivity index (χ1v) is 4.32. The molecule has 0 aromatic heterocycles. The van der Waals surface area contributed by atoms with E-state index in [1.54, 1.807) is 24.3 Å². The number of carboxylic acid groups (broad SMARTS) is 2. The molecule has 1 rings (SSSR count). The lowest BCUT2D eigenvalue weighted by Gasteiger charge is -2.27. The first-order chi connectivity index (χ1) is 6.54. The Labute approximate surface area is 81.6 Å². The molecule has 76 valence electrons. The van der Waals surface area contributed by atoms with E-state index in [1.165, 1.54) is 0 Å². The lowest BCUT2D eigenvalue weighted by atomic mass is 9.76. The quantitative estimate of drug-likeness (QED) is 0.713. The third-order valence-electron chi connectivity index (χ3n) is 2.23. The van der Waals surface area contributed by atoms with Crippen molar-refractivity contribution in [1.82, 2.24) is 0 Å². The van der Waals surface area contributed by atoms with Crippen molar-refractivity contribution in [3.05, 3.63) is 24.3 Å². The number of carbonyl (C=O) groups is 2. The van der Waals surface area contributed by atoms with E-state index in [4.69, 9.17) is 10.2 Å². The van der Waals surface area contributed by atoms with Crippen LogP contribution in [0.15, 0.2) is 24.3 Å². The zero-order valence-electron chi connectivity index (χ0n) is 7.64. The van der Waals surface area contributed by atoms with Crippen molar-refractivity contribution < 1.29 is 19.8 Å². The molecule has 0 spiro atoms. The fraction of sp³-hybridized carbons (Fsp3) is 0.400. The van der Waals surface area contributed by atoms with Crippen LogP contribution in [0.3, 0.4) is 0 Å². The molecule has 0 aromatic carbocycles. The van der Waals surface area contributed by atoms with E-state index in [2.05, 4.69) is 0 Å². The molecular formula is C10H12O4. The maximum Gasteiger partial charge on any atom is 0.304 e. The van der Waals surface area contributed by atoms with Gasteiger partial charge in [-0.1, -0.05) is 24.3 Å². The van der Waals surface area contributed by atoms with Crippen molar-refractivity contribution in [2.24, 2.45) is 5.41 Å². The fourth-order valence-corrected chi connectivity index (χ4v) is 1.64. The van der Waals surface area contributed by atoms with Crippen LogP contribution in [0.25, 0.3) is 0 Å². The number of carboxylic acids is 2. The molecule has 0 heterocycles. The molecule has 0 saturated carbocycles. The van der Waals surface area contributed by atoms with Gasteiger partial charge in [-0.15, -0.1) is 0 Å². The summed E-state index contributed by atoms with van der Waals surface area (Å²) >= 11 is 0. The highest BCUT2D eigenvalue weighted by atomic mass is 16.4. The summed E-state index contributed by atoms with van der Waals surface area (Å²) in [5.41, 5.74) is -0.744. The van der Waals surface area contributed by atoms with Crippen LogP contribution >= 0.6 is 0 Å². The van der Waals surface area contributed by atoms with E-state index in [-0.39, 0.29) is 12.8 Å². The number of aliphatic carboxylic acids is 2. The molecule has 1 aliphatic rings. The van der Waals surface area contributed by atoms with Crippen molar-refractivity contribution in [2.45, 2.75) is 19.3 Å². The van der Waals surface area contributed by atoms with Crippen LogP contribution in [0, 0.1) is 5.41 Å². The van der Waals surface area contributed by atoms with Crippen molar-refractivity contribution >= 4 is 11.9 Å². The van der Waals surface area contributed by atoms with Gasteiger partial charge in [-0.05, 0) is 6.42 Å². The maximum atomic E-state index is 10.6. The van der Waals surface area contributed by atoms with Crippen molar-refractivity contribution in [3.8, 4) is 0 Å². The summed E-state index contributed by atoms with van der Waals surface area (Å²) in [4.78, 5) is 21.2. The number of hydrogen-bond acceptors (Lipinski definition) is 2. The van der Waals surface area contributed by atoms with Crippen LogP contribution in [-0.2, 0) is 9.59 Å². The molecule has 1 aliphatic carbocycles. The predicted molar refractivity (Wildman–Crippen MR) is 49.8 cm³/mol. The highest BCUT2D eigenvalue weighted by Crippen LogP contribution is 2.35. The summed E-state index contributed by atoms with van der Waals surface area (Å²) in [6, 6.07) is 0. The van der Waals surface area contributed by atoms with Gasteiger partial charge >= 0.3 is 11.9 Å². The molecule has 14 heavy (non-hydrogen) atoms. The van der Waals surface area contributed by atoms with E-state index >= 15 is 0 Å². The maximum absolute atomic E-state index is 10.6. The molecule has 0 saturated heterocycles. The smallest absolute Gasteiger partial charge is 0.304 e. The third-order valence-corrected chi connectivity index (χ3v) is 2.23. The van der Waals surface area contributed by atoms with E-state index in [1.807, 2.05) is 0 Å². The van der Waals surface area contributed by atoms with Crippen LogP contribution in [0.4, 0.5) is 0 Å². The van der Waals surface area contributed by atoms with Gasteiger partial charge in [-0.3, -0.25) is 9.59 Å². The van der Waals surface area contributed by atoms with E-state index in [9.17, 15) is 9.59 Å². The second kappa shape index (κ2) is 4.09. The minimum absolute atomic E-state index is 0.139. The van der Waals surface area contributed by atoms with Gasteiger partial charge in [-0.2, -0.15) is 0 Å². The summed E-state index contributed by atoms with van der Waals surface area (Å²) in [5.74, 6) is -1.93. The molecule has 0 aliphatic heterocycles. The largest absolute Gasteiger partial charge is 0.481 e. The molecule has 0 amide bonds. The third kappa shape index (κ3) is 2.73. The van der Waals surface area contributed by atoms with Crippen LogP contribution in [0.2, 0.25) is 0 Å². The highest BCUT2D eigenvalue weighted by molar-refractivity contribution is 5.73. The lowest BCUT2D eigenvalue weighted by molar-refractivity contribution is -0.142. The molecule has 0 radical (unpaired) electrons. The van der Waals surface area contributed by atoms with Crippen LogP contribution < -0.4 is 0 Å². The standard InChI is InChI=1S/C10H12O4/c11-8(12)6-10(7-9(13)14)4-2-1-3-5-10/h1-4H,5-7H2,(H,11,12)(H,13,14). The van der Waals surface area contributed by atoms with Crippen molar-refractivity contribution in [1.29, 1.82) is 0 Å². The lowest BCUT2D eigenvalue weighted by Crippen LogP contribution is -2.26. The average molecular weight is 196 g/mol. The van der Waals surface area contributed by atoms with Gasteiger partial charge in [0, 0.05) is 5.41 Å². The monoisotopic (exact) mass is 196 g/mol. The molecule has 2 N–H and O–H groups in total. The summed E-state index contributed by atoms with van der Waals surface area (Å²) in [7, 11) is 0. The van der Waals surface area contributed by atoms with E-state index in [0.29, 0.717) is 6.42 Å². The summed E-state index contributed by atoms with van der Waals surface area (Å²) < 4.78 is 0. The Morgan fingerprint density at radius 3 is 2.07 bits per heavy atom. The summed E-state index contributed by atoms with van der Waals surface area (Å²) in [5, 5.41) is 17.4. The topological polar surface area (TPSA) is 74.6 Å². The zero-order chi connectivity index (χ0) is 10.6. The molecule has 0 atom stereocenters. The van der Waals surface area contributed by atoms with Crippen molar-refractivity contribution in [3.63, 3.8) is 0 Å². The van der Waals surface area contributed by atoms with Crippen LogP contribution in [0.1, 0.15) is 19.3 Å². The molecule has 0 unspecified atom stereocenters. The first kappa shape index (κ1) is 10.5. The van der Waals surface area contributed by atoms with Gasteiger partial charge in [0.15, 0.2) is 0 Å². The van der Waals surface area contributed by atoms with Crippen molar-refractivity contribution in [2.75, 3.05) is 0 Å². The van der Waals surface area contributed by atoms with Gasteiger partial charge in [0.1, 0.15) is 0 Å². The Balaban J connectivity index is 2.79. The van der Waals surface area contributed by atoms with Gasteiger partial charge < -0.3 is 10.2 Å². The zero-order valence-corrected chi connectivity index (χ0v) is 7.64. The Bertz CT molecular complexity index is 285. The SMILES string of the molecule is O=C(O)CC1(CC(=O)O)C=CC=CC1. The number of rotatable bonds is 4. The van der Waals surface area contributed by atoms with Gasteiger partial charge in [0.2, 0.25) is 0 Å². The van der Waals surface area contributed by atoms with Crippen LogP contribution in [0.5, 0.6) is 0 Å². The van der Waals surface area contributed by atoms with Crippen LogP contribution in [-0.4, -0.2) is 22.2 Å². The number of allylic oxidation sites excluding steroid dienone is 4. The van der Waals surface area contributed by atoms with E-state index < -0.39 is 17.4 Å². The Morgan fingerprint density at radius 2 is 1.71 bits per heavy atom. The Hall–Kier alpha value is -1.58. The molecule has 4 heteroatoms. The highest BCUT2D eigenvalue weighted by Gasteiger charge is 2.32. The molecular weight excluding hydrogens is 184 g/mol. The average Bonchev–Trinajstić information content (AvgIpc) is 2.01. The van der Waals surface area contributed by atoms with Gasteiger partial charge in [0.25, 0.3) is 0 Å². The molecule has 0 bridgehead atoms. The summed E-state index contributed by atoms with van der Waals surface area (Å²) in [6.45, 7) is 0. The minimum Gasteiger partial charge on any atom is -0.481 e. The predicted octanol–water partition coefficient (Wildman–Crippen LogP) is 1.44. The Morgan fingerprint density at radius 1 is 1.14 bits per heavy atom. The second-order valence-electron chi connectivity index (χ2n) is 3.49. The molecule has 4 nitrogen and oxygen atoms in total. The van der Waals surface area contributed by atoms with E-state index in [0.717, 1.165) is 0 Å². The number of hydrogen-bond donors (Lipinski definition) is 2. The molecule has 0 fully saturated rings. The fourth-order valence-electron chi connectivity index (χ4n) is 1.64. The summed E-state index contributed by atoms with van der Waals surface area (Å²) in [6.07, 6.45) is 7.17. The van der Waals surface area contributed by atoms with Gasteiger partial charge in [0.05, 0.1) is 12.8 Å². The first-order valence-electron chi connectivity index (χ1n) is 4.32. The second-order valence-corrected chi connectivity index (χ2v) is 3.49. The molecule has 0 aromatic rings. The Kier molecular flexibility index (Phi) is 3.06. The van der Waals surface area contributed by atoms with Gasteiger partial charge in [-0.25, -0.2) is 0 Å². The normalized spacial score (nSPS) is 18.0. The minimum atomic E-state index is -0.966.